The normalized spacial score (nSPS) is 25.1. The van der Waals surface area contributed by atoms with Crippen molar-refractivity contribution in [2.45, 2.75) is 44.7 Å². The standard InChI is InChI=1S/C13H24N4O7S/c1-2-16-11(6-8-17(13(16)19)24-25(20,21)22)12(18)15-23-9-10-5-3-4-7-14-10/h10-11,14H,2-9H2,1H3,(H,15,18)(H,20,21,22)/t10?,11-/m0/s1. The third-order valence-corrected chi connectivity index (χ3v) is 4.51. The minimum atomic E-state index is -4.81. The summed E-state index contributed by atoms with van der Waals surface area (Å²) in [6.07, 6.45) is 3.34. The molecule has 3 N–H and O–H groups in total. The number of carbonyl (C=O) groups excluding carboxylic acids is 2. The number of hydroxylamine groups is 3. The molecule has 0 aliphatic carbocycles. The smallest absolute Gasteiger partial charge is 0.312 e. The number of hydrogen-bond acceptors (Lipinski definition) is 7. The van der Waals surface area contributed by atoms with Crippen LogP contribution in [0.4, 0.5) is 4.79 Å². The van der Waals surface area contributed by atoms with Crippen LogP contribution in [0.3, 0.4) is 0 Å². The van der Waals surface area contributed by atoms with Crippen LogP contribution in [0.15, 0.2) is 0 Å². The van der Waals surface area contributed by atoms with Crippen LogP contribution in [-0.2, 0) is 24.3 Å². The summed E-state index contributed by atoms with van der Waals surface area (Å²) < 4.78 is 34.4. The van der Waals surface area contributed by atoms with Crippen LogP contribution in [0, 0.1) is 0 Å². The monoisotopic (exact) mass is 380 g/mol. The molecule has 12 heteroatoms. The number of carbonyl (C=O) groups is 2. The van der Waals surface area contributed by atoms with Gasteiger partial charge >= 0.3 is 16.4 Å². The highest BCUT2D eigenvalue weighted by Gasteiger charge is 2.39. The van der Waals surface area contributed by atoms with Gasteiger partial charge in [0.05, 0.1) is 13.2 Å². The minimum Gasteiger partial charge on any atom is -0.312 e. The van der Waals surface area contributed by atoms with Gasteiger partial charge in [-0.15, -0.1) is 4.28 Å². The highest BCUT2D eigenvalue weighted by molar-refractivity contribution is 7.80. The first-order chi connectivity index (χ1) is 11.8. The van der Waals surface area contributed by atoms with E-state index in [-0.39, 0.29) is 25.6 Å². The Kier molecular flexibility index (Phi) is 6.95. The molecule has 2 heterocycles. The number of nitrogens with one attached hydrogen (secondary N) is 2. The van der Waals surface area contributed by atoms with Crippen LogP contribution >= 0.6 is 0 Å². The number of nitrogens with zero attached hydrogens (tertiary/aromatic N) is 2. The third-order valence-electron chi connectivity index (χ3n) is 4.14. The lowest BCUT2D eigenvalue weighted by Crippen LogP contribution is -2.59. The molecule has 2 aliphatic heterocycles. The Morgan fingerprint density at radius 1 is 1.40 bits per heavy atom. The summed E-state index contributed by atoms with van der Waals surface area (Å²) in [6, 6.07) is -1.44. The van der Waals surface area contributed by atoms with Gasteiger partial charge < -0.3 is 10.2 Å². The molecule has 2 rings (SSSR count). The molecule has 144 valence electrons. The maximum Gasteiger partial charge on any atom is 0.418 e. The van der Waals surface area contributed by atoms with Crippen molar-refractivity contribution in [3.63, 3.8) is 0 Å². The molecule has 0 spiro atoms. The van der Waals surface area contributed by atoms with E-state index >= 15 is 0 Å². The molecular weight excluding hydrogens is 356 g/mol. The van der Waals surface area contributed by atoms with E-state index < -0.39 is 28.4 Å². The van der Waals surface area contributed by atoms with Gasteiger partial charge in [-0.05, 0) is 32.7 Å². The Morgan fingerprint density at radius 3 is 2.76 bits per heavy atom. The van der Waals surface area contributed by atoms with Crippen molar-refractivity contribution < 1.29 is 31.7 Å². The number of urea groups is 1. The van der Waals surface area contributed by atoms with Gasteiger partial charge in [-0.2, -0.15) is 13.5 Å². The van der Waals surface area contributed by atoms with Gasteiger partial charge in [-0.25, -0.2) is 10.3 Å². The summed E-state index contributed by atoms with van der Waals surface area (Å²) in [5.74, 6) is -0.488. The summed E-state index contributed by atoms with van der Waals surface area (Å²) in [6.45, 7) is 2.90. The molecule has 1 unspecified atom stereocenters. The first-order valence-corrected chi connectivity index (χ1v) is 9.58. The number of amides is 3. The van der Waals surface area contributed by atoms with Crippen LogP contribution in [0.25, 0.3) is 0 Å². The van der Waals surface area contributed by atoms with Gasteiger partial charge in [0.1, 0.15) is 6.04 Å². The Morgan fingerprint density at radius 2 is 2.16 bits per heavy atom. The van der Waals surface area contributed by atoms with Crippen LogP contribution in [0.1, 0.15) is 32.6 Å². The second-order valence-electron chi connectivity index (χ2n) is 5.90. The van der Waals surface area contributed by atoms with Crippen molar-refractivity contribution in [3.05, 3.63) is 0 Å². The predicted molar refractivity (Wildman–Crippen MR) is 85.3 cm³/mol. The van der Waals surface area contributed by atoms with Crippen LogP contribution < -0.4 is 10.8 Å². The summed E-state index contributed by atoms with van der Waals surface area (Å²) in [4.78, 5) is 30.8. The zero-order valence-corrected chi connectivity index (χ0v) is 14.8. The number of rotatable bonds is 7. The van der Waals surface area contributed by atoms with Gasteiger partial charge in [0, 0.05) is 12.6 Å². The van der Waals surface area contributed by atoms with Crippen molar-refractivity contribution in [1.29, 1.82) is 0 Å². The number of piperidine rings is 1. The van der Waals surface area contributed by atoms with E-state index in [1.807, 2.05) is 0 Å². The third kappa shape index (κ3) is 5.78. The fourth-order valence-electron chi connectivity index (χ4n) is 2.93. The highest BCUT2D eigenvalue weighted by Crippen LogP contribution is 2.18. The predicted octanol–water partition coefficient (Wildman–Crippen LogP) is -0.573. The Bertz CT molecular complexity index is 579. The number of likely N-dealkylation sites (N-methyl/N-ethyl adjacent to an activating group) is 1. The number of hydrogen-bond donors (Lipinski definition) is 3. The Labute approximate surface area is 146 Å². The fourth-order valence-corrected chi connectivity index (χ4v) is 3.29. The lowest BCUT2D eigenvalue weighted by Gasteiger charge is -2.38. The molecule has 2 fully saturated rings. The van der Waals surface area contributed by atoms with Crippen molar-refractivity contribution in [2.24, 2.45) is 0 Å². The van der Waals surface area contributed by atoms with E-state index in [1.165, 1.54) is 0 Å². The van der Waals surface area contributed by atoms with Crippen molar-refractivity contribution in [3.8, 4) is 0 Å². The van der Waals surface area contributed by atoms with Gasteiger partial charge in [-0.3, -0.25) is 14.2 Å². The van der Waals surface area contributed by atoms with Crippen LogP contribution in [0.5, 0.6) is 0 Å². The van der Waals surface area contributed by atoms with Gasteiger partial charge in [0.25, 0.3) is 5.91 Å². The first kappa shape index (κ1) is 19.8. The maximum absolute atomic E-state index is 12.3. The SMILES string of the molecule is CCN1C(=O)N(OS(=O)(=O)O)CC[C@H]1C(=O)NOCC1CCCCN1. The van der Waals surface area contributed by atoms with Gasteiger partial charge in [0.15, 0.2) is 0 Å². The minimum absolute atomic E-state index is 0.131. The molecule has 0 aromatic rings. The average molecular weight is 380 g/mol. The zero-order chi connectivity index (χ0) is 18.4. The molecular formula is C13H24N4O7S. The van der Waals surface area contributed by atoms with Gasteiger partial charge in [0.2, 0.25) is 0 Å². The van der Waals surface area contributed by atoms with Crippen molar-refractivity contribution in [1.82, 2.24) is 20.8 Å². The summed E-state index contributed by atoms with van der Waals surface area (Å²) in [5.41, 5.74) is 2.35. The average Bonchev–Trinajstić information content (AvgIpc) is 2.56. The van der Waals surface area contributed by atoms with E-state index in [2.05, 4.69) is 15.1 Å². The molecule has 11 nitrogen and oxygen atoms in total. The maximum atomic E-state index is 12.3. The molecule has 0 radical (unpaired) electrons. The molecule has 3 amide bonds. The Hall–Kier alpha value is -1.47. The summed E-state index contributed by atoms with van der Waals surface area (Å²) in [5, 5.41) is 3.79. The molecule has 25 heavy (non-hydrogen) atoms. The highest BCUT2D eigenvalue weighted by atomic mass is 32.3. The van der Waals surface area contributed by atoms with E-state index in [9.17, 15) is 18.0 Å². The Balaban J connectivity index is 1.85. The fraction of sp³-hybridized carbons (Fsp3) is 0.846. The van der Waals surface area contributed by atoms with E-state index in [1.54, 1.807) is 6.92 Å². The van der Waals surface area contributed by atoms with Crippen molar-refractivity contribution in [2.75, 3.05) is 26.2 Å². The largest absolute Gasteiger partial charge is 0.418 e. The lowest BCUT2D eigenvalue weighted by atomic mass is 10.1. The second kappa shape index (κ2) is 8.76. The van der Waals surface area contributed by atoms with Gasteiger partial charge in [-0.1, -0.05) is 6.42 Å². The molecule has 0 aromatic carbocycles. The summed E-state index contributed by atoms with van der Waals surface area (Å²) >= 11 is 0. The van der Waals surface area contributed by atoms with E-state index in [4.69, 9.17) is 9.39 Å². The second-order valence-corrected chi connectivity index (χ2v) is 6.91. The summed E-state index contributed by atoms with van der Waals surface area (Å²) in [7, 11) is -4.81. The topological polar surface area (TPSA) is 138 Å². The van der Waals surface area contributed by atoms with E-state index in [0.717, 1.165) is 30.7 Å². The van der Waals surface area contributed by atoms with E-state index in [0.29, 0.717) is 11.7 Å². The quantitative estimate of drug-likeness (QED) is 0.394. The molecule has 0 aromatic heterocycles. The molecule has 0 bridgehead atoms. The lowest BCUT2D eigenvalue weighted by molar-refractivity contribution is -0.143. The molecule has 0 saturated carbocycles. The molecule has 2 atom stereocenters. The zero-order valence-electron chi connectivity index (χ0n) is 14.0. The van der Waals surface area contributed by atoms with Crippen molar-refractivity contribution >= 4 is 22.3 Å². The van der Waals surface area contributed by atoms with Crippen LogP contribution in [-0.4, -0.2) is 73.2 Å². The van der Waals surface area contributed by atoms with Crippen LogP contribution in [0.2, 0.25) is 0 Å². The first-order valence-electron chi connectivity index (χ1n) is 8.22. The molecule has 2 aliphatic rings. The molecule has 2 saturated heterocycles.